The van der Waals surface area contributed by atoms with Gasteiger partial charge in [-0.1, -0.05) is 30.3 Å². The van der Waals surface area contributed by atoms with E-state index in [0.29, 0.717) is 13.2 Å². The Morgan fingerprint density at radius 3 is 2.32 bits per heavy atom. The van der Waals surface area contributed by atoms with E-state index in [0.717, 1.165) is 17.1 Å². The van der Waals surface area contributed by atoms with Gasteiger partial charge in [0.25, 0.3) is 0 Å². The highest BCUT2D eigenvalue weighted by molar-refractivity contribution is 5.81. The van der Waals surface area contributed by atoms with E-state index in [1.807, 2.05) is 54.6 Å². The van der Waals surface area contributed by atoms with Crippen LogP contribution in [0.15, 0.2) is 54.6 Å². The zero-order valence-corrected chi connectivity index (χ0v) is 12.5. The molecule has 1 amide bonds. The van der Waals surface area contributed by atoms with Gasteiger partial charge in [0.05, 0.1) is 7.11 Å². The number of rotatable bonds is 8. The second-order valence-electron chi connectivity index (χ2n) is 4.72. The molecular weight excluding hydrogens is 280 g/mol. The van der Waals surface area contributed by atoms with Gasteiger partial charge in [0, 0.05) is 6.54 Å². The van der Waals surface area contributed by atoms with Crippen LogP contribution < -0.4 is 20.5 Å². The normalized spacial score (nSPS) is 11.7. The van der Waals surface area contributed by atoms with Crippen LogP contribution in [0.4, 0.5) is 0 Å². The highest BCUT2D eigenvalue weighted by Gasteiger charge is 2.16. The maximum atomic E-state index is 11.5. The Hall–Kier alpha value is -2.53. The largest absolute Gasteiger partial charge is 0.497 e. The molecule has 2 aromatic carbocycles. The molecule has 0 heterocycles. The van der Waals surface area contributed by atoms with Crippen LogP contribution in [0.3, 0.4) is 0 Å². The third-order valence-corrected chi connectivity index (χ3v) is 3.20. The number of benzene rings is 2. The summed E-state index contributed by atoms with van der Waals surface area (Å²) in [7, 11) is 1.62. The van der Waals surface area contributed by atoms with Crippen molar-refractivity contribution in [2.24, 2.45) is 5.73 Å². The number of hydrogen-bond donors (Lipinski definition) is 2. The van der Waals surface area contributed by atoms with Gasteiger partial charge in [-0.25, -0.2) is 0 Å². The number of nitrogens with two attached hydrogens (primary N) is 1. The number of primary amides is 1. The van der Waals surface area contributed by atoms with Crippen LogP contribution in [-0.4, -0.2) is 26.2 Å². The van der Waals surface area contributed by atoms with Crippen molar-refractivity contribution in [3.8, 4) is 11.5 Å². The minimum absolute atomic E-state index is 0.407. The molecule has 5 nitrogen and oxygen atoms in total. The summed E-state index contributed by atoms with van der Waals surface area (Å²) in [5.41, 5.74) is 6.28. The molecule has 0 aliphatic heterocycles. The summed E-state index contributed by atoms with van der Waals surface area (Å²) in [6.45, 7) is 0.942. The third-order valence-electron chi connectivity index (χ3n) is 3.20. The number of methoxy groups -OCH3 is 1. The average molecular weight is 300 g/mol. The SMILES string of the molecule is COc1ccc(OCCN[C@@H](C(N)=O)c2ccccc2)cc1. The Labute approximate surface area is 130 Å². The summed E-state index contributed by atoms with van der Waals surface area (Å²) < 4.78 is 10.7. The lowest BCUT2D eigenvalue weighted by Gasteiger charge is -2.16. The van der Waals surface area contributed by atoms with E-state index >= 15 is 0 Å². The minimum Gasteiger partial charge on any atom is -0.497 e. The summed E-state index contributed by atoms with van der Waals surface area (Å²) in [6.07, 6.45) is 0. The van der Waals surface area contributed by atoms with Crippen LogP contribution in [0.5, 0.6) is 11.5 Å². The lowest BCUT2D eigenvalue weighted by Crippen LogP contribution is -2.35. The molecule has 0 radical (unpaired) electrons. The number of carbonyl (C=O) groups is 1. The predicted octanol–water partition coefficient (Wildman–Crippen LogP) is 1.89. The highest BCUT2D eigenvalue weighted by atomic mass is 16.5. The van der Waals surface area contributed by atoms with E-state index in [-0.39, 0.29) is 0 Å². The summed E-state index contributed by atoms with van der Waals surface area (Å²) in [5.74, 6) is 1.12. The molecule has 116 valence electrons. The Morgan fingerprint density at radius 1 is 1.09 bits per heavy atom. The van der Waals surface area contributed by atoms with Crippen LogP contribution in [0, 0.1) is 0 Å². The minimum atomic E-state index is -0.513. The first-order valence-electron chi connectivity index (χ1n) is 7.05. The first-order chi connectivity index (χ1) is 10.7. The molecular formula is C17H20N2O3. The molecule has 2 aromatic rings. The van der Waals surface area contributed by atoms with E-state index in [1.165, 1.54) is 0 Å². The number of nitrogens with one attached hydrogen (secondary N) is 1. The van der Waals surface area contributed by atoms with Crippen molar-refractivity contribution in [1.29, 1.82) is 0 Å². The van der Waals surface area contributed by atoms with Gasteiger partial charge in [-0.15, -0.1) is 0 Å². The fraction of sp³-hybridized carbons (Fsp3) is 0.235. The van der Waals surface area contributed by atoms with Gasteiger partial charge in [0.1, 0.15) is 24.1 Å². The number of amides is 1. The van der Waals surface area contributed by atoms with Gasteiger partial charge >= 0.3 is 0 Å². The lowest BCUT2D eigenvalue weighted by atomic mass is 10.1. The van der Waals surface area contributed by atoms with Gasteiger partial charge in [0.2, 0.25) is 5.91 Å². The monoisotopic (exact) mass is 300 g/mol. The van der Waals surface area contributed by atoms with Crippen LogP contribution >= 0.6 is 0 Å². The Balaban J connectivity index is 1.82. The van der Waals surface area contributed by atoms with Crippen LogP contribution in [0.25, 0.3) is 0 Å². The van der Waals surface area contributed by atoms with E-state index in [1.54, 1.807) is 7.11 Å². The number of carbonyl (C=O) groups excluding carboxylic acids is 1. The Morgan fingerprint density at radius 2 is 1.73 bits per heavy atom. The third kappa shape index (κ3) is 4.49. The molecule has 0 aliphatic rings. The standard InChI is InChI=1S/C17H20N2O3/c1-21-14-7-9-15(10-8-14)22-12-11-19-16(17(18)20)13-5-3-2-4-6-13/h2-10,16,19H,11-12H2,1H3,(H2,18,20)/t16-/m1/s1. The summed E-state index contributed by atoms with van der Waals surface area (Å²) >= 11 is 0. The van der Waals surface area contributed by atoms with Crippen molar-refractivity contribution in [2.45, 2.75) is 6.04 Å². The number of ether oxygens (including phenoxy) is 2. The second kappa shape index (κ2) is 8.05. The summed E-state index contributed by atoms with van der Waals surface area (Å²) in [5, 5.41) is 3.10. The van der Waals surface area contributed by atoms with Crippen molar-refractivity contribution in [3.05, 3.63) is 60.2 Å². The van der Waals surface area contributed by atoms with Crippen LogP contribution in [0.1, 0.15) is 11.6 Å². The van der Waals surface area contributed by atoms with Gasteiger partial charge in [-0.05, 0) is 29.8 Å². The van der Waals surface area contributed by atoms with Gasteiger partial charge in [-0.3, -0.25) is 10.1 Å². The molecule has 0 spiro atoms. The van der Waals surface area contributed by atoms with Gasteiger partial charge < -0.3 is 15.2 Å². The maximum Gasteiger partial charge on any atom is 0.239 e. The fourth-order valence-electron chi connectivity index (χ4n) is 2.07. The molecule has 3 N–H and O–H groups in total. The molecule has 0 bridgehead atoms. The molecule has 0 aliphatic carbocycles. The fourth-order valence-corrected chi connectivity index (χ4v) is 2.07. The Kier molecular flexibility index (Phi) is 5.80. The molecule has 22 heavy (non-hydrogen) atoms. The molecule has 0 saturated carbocycles. The zero-order valence-electron chi connectivity index (χ0n) is 12.5. The molecule has 0 unspecified atom stereocenters. The van der Waals surface area contributed by atoms with Gasteiger partial charge in [0.15, 0.2) is 0 Å². The summed E-state index contributed by atoms with van der Waals surface area (Å²) in [6, 6.07) is 16.2. The smallest absolute Gasteiger partial charge is 0.239 e. The van der Waals surface area contributed by atoms with Crippen molar-refractivity contribution in [2.75, 3.05) is 20.3 Å². The van der Waals surface area contributed by atoms with Crippen molar-refractivity contribution in [3.63, 3.8) is 0 Å². The summed E-state index contributed by atoms with van der Waals surface area (Å²) in [4.78, 5) is 11.5. The van der Waals surface area contributed by atoms with E-state index in [2.05, 4.69) is 5.32 Å². The van der Waals surface area contributed by atoms with E-state index in [4.69, 9.17) is 15.2 Å². The lowest BCUT2D eigenvalue weighted by molar-refractivity contribution is -0.120. The molecule has 0 fully saturated rings. The van der Waals surface area contributed by atoms with Crippen LogP contribution in [0.2, 0.25) is 0 Å². The molecule has 0 aromatic heterocycles. The first kappa shape index (κ1) is 15.9. The zero-order chi connectivity index (χ0) is 15.8. The topological polar surface area (TPSA) is 73.6 Å². The predicted molar refractivity (Wildman–Crippen MR) is 84.9 cm³/mol. The van der Waals surface area contributed by atoms with Crippen molar-refractivity contribution < 1.29 is 14.3 Å². The highest BCUT2D eigenvalue weighted by Crippen LogP contribution is 2.17. The average Bonchev–Trinajstić information content (AvgIpc) is 2.56. The number of hydrogen-bond acceptors (Lipinski definition) is 4. The van der Waals surface area contributed by atoms with Crippen molar-refractivity contribution in [1.82, 2.24) is 5.32 Å². The Bertz CT molecular complexity index is 585. The second-order valence-corrected chi connectivity index (χ2v) is 4.72. The maximum absolute atomic E-state index is 11.5. The molecule has 0 saturated heterocycles. The quantitative estimate of drug-likeness (QED) is 0.730. The van der Waals surface area contributed by atoms with E-state index < -0.39 is 11.9 Å². The van der Waals surface area contributed by atoms with E-state index in [9.17, 15) is 4.79 Å². The first-order valence-corrected chi connectivity index (χ1v) is 7.05. The van der Waals surface area contributed by atoms with Gasteiger partial charge in [-0.2, -0.15) is 0 Å². The van der Waals surface area contributed by atoms with Crippen molar-refractivity contribution >= 4 is 5.91 Å². The molecule has 1 atom stereocenters. The molecule has 5 heteroatoms. The van der Waals surface area contributed by atoms with Crippen LogP contribution in [-0.2, 0) is 4.79 Å². The molecule has 2 rings (SSSR count).